The molecule has 3 rings (SSSR count). The molecule has 0 saturated carbocycles. The molecule has 33 heavy (non-hydrogen) atoms. The Balaban J connectivity index is 0.00000385. The summed E-state index contributed by atoms with van der Waals surface area (Å²) in [6.07, 6.45) is 1.86. The summed E-state index contributed by atoms with van der Waals surface area (Å²) in [5.74, 6) is 1.99. The molecule has 0 aliphatic carbocycles. The van der Waals surface area contributed by atoms with Crippen molar-refractivity contribution in [2.24, 2.45) is 10.7 Å². The fraction of sp³-hybridized carbons (Fsp3) is 0.480. The molecule has 2 aromatic carbocycles. The van der Waals surface area contributed by atoms with Gasteiger partial charge in [-0.15, -0.1) is 24.0 Å². The van der Waals surface area contributed by atoms with Crippen molar-refractivity contribution in [3.63, 3.8) is 0 Å². The van der Waals surface area contributed by atoms with Gasteiger partial charge in [0.2, 0.25) is 0 Å². The maximum Gasteiger partial charge on any atom is 0.188 e. The molecule has 0 amide bonds. The van der Waals surface area contributed by atoms with E-state index in [1.807, 2.05) is 18.2 Å². The number of benzene rings is 2. The first kappa shape index (κ1) is 27.2. The van der Waals surface area contributed by atoms with E-state index in [2.05, 4.69) is 50.4 Å². The van der Waals surface area contributed by atoms with Gasteiger partial charge in [0, 0.05) is 52.4 Å². The standard InChI is InChI=1S/C25H37N5O2.HI/c1-31-23-10-9-21(19-24(23)32-2)11-13-28-25(26)27-12-6-14-29-15-17-30(18-16-29)20-22-7-4-3-5-8-22;/h3-5,7-10,19H,6,11-18,20H2,1-2H3,(H3,26,27,28);1H. The number of halogens is 1. The van der Waals surface area contributed by atoms with Crippen molar-refractivity contribution in [3.8, 4) is 11.5 Å². The molecule has 1 aliphatic rings. The smallest absolute Gasteiger partial charge is 0.188 e. The minimum atomic E-state index is 0. The average Bonchev–Trinajstić information content (AvgIpc) is 2.83. The third-order valence-electron chi connectivity index (χ3n) is 5.80. The first-order valence-corrected chi connectivity index (χ1v) is 11.4. The van der Waals surface area contributed by atoms with E-state index in [0.717, 1.165) is 82.3 Å². The second kappa shape index (κ2) is 15.0. The first-order chi connectivity index (χ1) is 15.7. The molecule has 8 heteroatoms. The van der Waals surface area contributed by atoms with Crippen molar-refractivity contribution in [2.75, 3.05) is 60.0 Å². The molecule has 0 aromatic heterocycles. The van der Waals surface area contributed by atoms with Gasteiger partial charge in [-0.3, -0.25) is 9.89 Å². The Hall–Kier alpha value is -2.04. The zero-order chi connectivity index (χ0) is 22.6. The highest BCUT2D eigenvalue weighted by atomic mass is 127. The molecule has 0 atom stereocenters. The number of nitrogens with two attached hydrogens (primary N) is 1. The zero-order valence-electron chi connectivity index (χ0n) is 19.8. The Labute approximate surface area is 215 Å². The molecule has 0 radical (unpaired) electrons. The highest BCUT2D eigenvalue weighted by molar-refractivity contribution is 14.0. The van der Waals surface area contributed by atoms with E-state index in [0.29, 0.717) is 5.96 Å². The van der Waals surface area contributed by atoms with E-state index in [1.165, 1.54) is 5.56 Å². The summed E-state index contributed by atoms with van der Waals surface area (Å²) in [6, 6.07) is 16.7. The molecular weight excluding hydrogens is 529 g/mol. The van der Waals surface area contributed by atoms with Gasteiger partial charge >= 0.3 is 0 Å². The predicted molar refractivity (Wildman–Crippen MR) is 146 cm³/mol. The van der Waals surface area contributed by atoms with Crippen LogP contribution in [0.2, 0.25) is 0 Å². The maximum atomic E-state index is 6.02. The van der Waals surface area contributed by atoms with Crippen molar-refractivity contribution in [1.29, 1.82) is 0 Å². The number of nitrogens with one attached hydrogen (secondary N) is 1. The van der Waals surface area contributed by atoms with Crippen molar-refractivity contribution >= 4 is 29.9 Å². The third-order valence-corrected chi connectivity index (χ3v) is 5.80. The number of piperazine rings is 1. The van der Waals surface area contributed by atoms with E-state index in [9.17, 15) is 0 Å². The highest BCUT2D eigenvalue weighted by Crippen LogP contribution is 2.27. The SMILES string of the molecule is COc1ccc(CCNC(N)=NCCCN2CCN(Cc3ccccc3)CC2)cc1OC.I. The second-order valence-corrected chi connectivity index (χ2v) is 8.09. The summed E-state index contributed by atoms with van der Waals surface area (Å²) in [5, 5.41) is 3.20. The van der Waals surface area contributed by atoms with Crippen molar-refractivity contribution in [3.05, 3.63) is 59.7 Å². The van der Waals surface area contributed by atoms with Crippen LogP contribution < -0.4 is 20.5 Å². The molecule has 1 saturated heterocycles. The average molecular weight is 568 g/mol. The quantitative estimate of drug-likeness (QED) is 0.188. The van der Waals surface area contributed by atoms with Gasteiger partial charge in [0.25, 0.3) is 0 Å². The summed E-state index contributed by atoms with van der Waals surface area (Å²) in [7, 11) is 3.29. The summed E-state index contributed by atoms with van der Waals surface area (Å²) in [5.41, 5.74) is 8.58. The molecular formula is C25H38IN5O2. The van der Waals surface area contributed by atoms with E-state index in [-0.39, 0.29) is 24.0 Å². The van der Waals surface area contributed by atoms with Crippen LogP contribution in [0.5, 0.6) is 11.5 Å². The van der Waals surface area contributed by atoms with Gasteiger partial charge in [0.05, 0.1) is 14.2 Å². The molecule has 0 spiro atoms. The Bertz CT molecular complexity index is 842. The third kappa shape index (κ3) is 9.38. The lowest BCUT2D eigenvalue weighted by Gasteiger charge is -2.34. The van der Waals surface area contributed by atoms with Gasteiger partial charge in [-0.1, -0.05) is 36.4 Å². The topological polar surface area (TPSA) is 75.4 Å². The molecule has 2 aromatic rings. The normalized spacial score (nSPS) is 15.0. The molecule has 7 nitrogen and oxygen atoms in total. The Morgan fingerprint density at radius 1 is 0.939 bits per heavy atom. The summed E-state index contributed by atoms with van der Waals surface area (Å²) >= 11 is 0. The Morgan fingerprint density at radius 2 is 1.64 bits per heavy atom. The number of rotatable bonds is 11. The van der Waals surface area contributed by atoms with Gasteiger partial charge in [-0.2, -0.15) is 0 Å². The van der Waals surface area contributed by atoms with E-state index >= 15 is 0 Å². The lowest BCUT2D eigenvalue weighted by atomic mass is 10.1. The van der Waals surface area contributed by atoms with Crippen LogP contribution in [0.1, 0.15) is 17.5 Å². The van der Waals surface area contributed by atoms with Crippen molar-refractivity contribution in [1.82, 2.24) is 15.1 Å². The van der Waals surface area contributed by atoms with Gasteiger partial charge in [0.15, 0.2) is 17.5 Å². The van der Waals surface area contributed by atoms with Crippen LogP contribution in [0.25, 0.3) is 0 Å². The van der Waals surface area contributed by atoms with Crippen molar-refractivity contribution in [2.45, 2.75) is 19.4 Å². The zero-order valence-corrected chi connectivity index (χ0v) is 22.2. The molecule has 0 bridgehead atoms. The fourth-order valence-corrected chi connectivity index (χ4v) is 3.93. The number of guanidine groups is 1. The van der Waals surface area contributed by atoms with Crippen LogP contribution in [0.4, 0.5) is 0 Å². The Morgan fingerprint density at radius 3 is 2.33 bits per heavy atom. The summed E-state index contributed by atoms with van der Waals surface area (Å²) < 4.78 is 10.6. The van der Waals surface area contributed by atoms with Gasteiger partial charge < -0.3 is 25.4 Å². The Kier molecular flexibility index (Phi) is 12.3. The minimum absolute atomic E-state index is 0. The highest BCUT2D eigenvalue weighted by Gasteiger charge is 2.16. The number of hydrogen-bond donors (Lipinski definition) is 2. The maximum absolute atomic E-state index is 6.02. The largest absolute Gasteiger partial charge is 0.493 e. The summed E-state index contributed by atoms with van der Waals surface area (Å²) in [6.45, 7) is 8.08. The lowest BCUT2D eigenvalue weighted by molar-refractivity contribution is 0.127. The van der Waals surface area contributed by atoms with Crippen LogP contribution in [-0.2, 0) is 13.0 Å². The number of aliphatic imine (C=N–C) groups is 1. The minimum Gasteiger partial charge on any atom is -0.493 e. The number of ether oxygens (including phenoxy) is 2. The molecule has 1 fully saturated rings. The van der Waals surface area contributed by atoms with Gasteiger partial charge in [-0.25, -0.2) is 0 Å². The van der Waals surface area contributed by atoms with Gasteiger partial charge in [0.1, 0.15) is 0 Å². The predicted octanol–water partition coefficient (Wildman–Crippen LogP) is 2.98. The lowest BCUT2D eigenvalue weighted by Crippen LogP contribution is -2.46. The fourth-order valence-electron chi connectivity index (χ4n) is 3.93. The molecule has 182 valence electrons. The molecule has 1 aliphatic heterocycles. The monoisotopic (exact) mass is 567 g/mol. The molecule has 0 unspecified atom stereocenters. The van der Waals surface area contributed by atoms with Crippen LogP contribution in [0, 0.1) is 0 Å². The molecule has 1 heterocycles. The number of methoxy groups -OCH3 is 2. The summed E-state index contributed by atoms with van der Waals surface area (Å²) in [4.78, 5) is 9.53. The molecule has 3 N–H and O–H groups in total. The van der Waals surface area contributed by atoms with Crippen LogP contribution >= 0.6 is 24.0 Å². The van der Waals surface area contributed by atoms with Crippen LogP contribution in [0.15, 0.2) is 53.5 Å². The number of nitrogens with zero attached hydrogens (tertiary/aromatic N) is 3. The van der Waals surface area contributed by atoms with E-state index < -0.39 is 0 Å². The van der Waals surface area contributed by atoms with Crippen LogP contribution in [0.3, 0.4) is 0 Å². The second-order valence-electron chi connectivity index (χ2n) is 8.09. The number of hydrogen-bond acceptors (Lipinski definition) is 5. The van der Waals surface area contributed by atoms with Crippen molar-refractivity contribution < 1.29 is 9.47 Å². The van der Waals surface area contributed by atoms with E-state index in [4.69, 9.17) is 15.2 Å². The van der Waals surface area contributed by atoms with Crippen LogP contribution in [-0.4, -0.2) is 75.8 Å². The van der Waals surface area contributed by atoms with Gasteiger partial charge in [-0.05, 0) is 36.1 Å². The first-order valence-electron chi connectivity index (χ1n) is 11.4. The van der Waals surface area contributed by atoms with E-state index in [1.54, 1.807) is 14.2 Å².